The highest BCUT2D eigenvalue weighted by Gasteiger charge is 2.72. The number of Topliss-reactive ketones (excluding diaryl/α,β-unsaturated/α-hetero) is 3. The Kier molecular flexibility index (Phi) is 5.96. The van der Waals surface area contributed by atoms with Crippen molar-refractivity contribution in [1.82, 2.24) is 4.90 Å². The zero-order valence-electron chi connectivity index (χ0n) is 18.4. The summed E-state index contributed by atoms with van der Waals surface area (Å²) in [7, 11) is 2.78. The molecule has 1 unspecified atom stereocenters. The zero-order valence-corrected chi connectivity index (χ0v) is 19.2. The van der Waals surface area contributed by atoms with Crippen molar-refractivity contribution in [1.29, 1.82) is 0 Å². The summed E-state index contributed by atoms with van der Waals surface area (Å²) in [4.78, 5) is 53.1. The normalized spacial score (nSPS) is 37.0. The Hall–Kier alpha value is -2.83. The number of carbonyl (C=O) groups is 4. The molecule has 4 rings (SSSR count). The summed E-state index contributed by atoms with van der Waals surface area (Å²) < 4.78 is 0. The number of benzene rings is 1. The van der Waals surface area contributed by atoms with Gasteiger partial charge < -0.3 is 31.3 Å². The summed E-state index contributed by atoms with van der Waals surface area (Å²) >= 11 is 0. The van der Waals surface area contributed by atoms with Crippen LogP contribution in [0.1, 0.15) is 18.1 Å². The number of ketones is 3. The van der Waals surface area contributed by atoms with Gasteiger partial charge in [-0.05, 0) is 32.6 Å². The number of fused-ring (bicyclic) bond motifs is 3. The van der Waals surface area contributed by atoms with Gasteiger partial charge in [-0.3, -0.25) is 24.1 Å². The van der Waals surface area contributed by atoms with E-state index in [9.17, 15) is 44.7 Å². The average molecular weight is 497 g/mol. The van der Waals surface area contributed by atoms with Crippen LogP contribution in [0.25, 0.3) is 5.76 Å². The van der Waals surface area contributed by atoms with Crippen LogP contribution in [-0.4, -0.2) is 85.5 Å². The minimum Gasteiger partial charge on any atom is -0.507 e. The Balaban J connectivity index is 0.00000324. The van der Waals surface area contributed by atoms with Gasteiger partial charge in [0.25, 0.3) is 0 Å². The van der Waals surface area contributed by atoms with Crippen LogP contribution in [-0.2, 0) is 24.8 Å². The van der Waals surface area contributed by atoms with Crippen LogP contribution in [0.5, 0.6) is 5.75 Å². The van der Waals surface area contributed by atoms with E-state index in [0.29, 0.717) is 0 Å². The molecule has 0 radical (unpaired) electrons. The first-order chi connectivity index (χ1) is 15.2. The molecule has 3 aliphatic rings. The second-order valence-corrected chi connectivity index (χ2v) is 9.21. The number of phenolic OH excluding ortho intramolecular Hbond substituents is 1. The highest BCUT2D eigenvalue weighted by atomic mass is 35.5. The fourth-order valence-electron chi connectivity index (χ4n) is 5.74. The molecule has 0 aliphatic heterocycles. The number of amides is 1. The highest BCUT2D eigenvalue weighted by molar-refractivity contribution is 6.32. The highest BCUT2D eigenvalue weighted by Crippen LogP contribution is 2.56. The number of aromatic hydroxyl groups is 1. The standard InChI is InChI=1S/C22H24N2O9.ClH/c1-21(32)7-5-4-6-8(25)9(7)15(26)10-12(21)17(28)13-14(24(2)3)16(27)11(20(23)31)19(30)22(13,33)18(10)29;/h4-6,11-14,17,25-26,28,32-33H,1-3H3,(H2,23,31);1H/t11?,12-,13-,14+,17+,21-,22+;/m1./s1. The quantitative estimate of drug-likeness (QED) is 0.259. The number of halogens is 1. The molecule has 2 fully saturated rings. The minimum absolute atomic E-state index is 0. The predicted molar refractivity (Wildman–Crippen MR) is 118 cm³/mol. The number of aliphatic hydroxyl groups is 4. The van der Waals surface area contributed by atoms with Crippen molar-refractivity contribution in [3.8, 4) is 5.75 Å². The van der Waals surface area contributed by atoms with Gasteiger partial charge in [-0.2, -0.15) is 0 Å². The Bertz CT molecular complexity index is 1160. The minimum atomic E-state index is -3.10. The molecule has 0 bridgehead atoms. The number of likely N-dealkylation sites (N-methyl/N-ethyl adjacent to an activating group) is 1. The third-order valence-corrected chi connectivity index (χ3v) is 7.17. The molecule has 34 heavy (non-hydrogen) atoms. The Morgan fingerprint density at radius 3 is 2.24 bits per heavy atom. The molecule has 3 aliphatic carbocycles. The van der Waals surface area contributed by atoms with E-state index in [4.69, 9.17) is 5.73 Å². The van der Waals surface area contributed by atoms with E-state index in [0.717, 1.165) is 0 Å². The summed E-state index contributed by atoms with van der Waals surface area (Å²) in [5, 5.41) is 55.5. The summed E-state index contributed by atoms with van der Waals surface area (Å²) in [5.41, 5.74) is -0.914. The number of phenols is 1. The SMILES string of the molecule is CN(C)[C@@H]1C(=O)C(C(N)=O)C(=O)[C@@]2(O)C(=O)C3=C(O)c4c(O)cccc4[C@@](C)(O)[C@H]3[C@H](O)[C@@H]12.Cl. The summed E-state index contributed by atoms with van der Waals surface area (Å²) in [6.07, 6.45) is -1.90. The van der Waals surface area contributed by atoms with Crippen molar-refractivity contribution >= 4 is 41.4 Å². The summed E-state index contributed by atoms with van der Waals surface area (Å²) in [5.74, 6) is -12.1. The van der Waals surface area contributed by atoms with E-state index in [1.807, 2.05) is 0 Å². The lowest BCUT2D eigenvalue weighted by molar-refractivity contribution is -0.195. The summed E-state index contributed by atoms with van der Waals surface area (Å²) in [6, 6.07) is 2.48. The van der Waals surface area contributed by atoms with E-state index < -0.39 is 81.4 Å². The molecule has 11 nitrogen and oxygen atoms in total. The maximum Gasteiger partial charge on any atom is 0.235 e. The van der Waals surface area contributed by atoms with Gasteiger partial charge in [-0.1, -0.05) is 12.1 Å². The van der Waals surface area contributed by atoms with Gasteiger partial charge in [-0.15, -0.1) is 12.4 Å². The van der Waals surface area contributed by atoms with Crippen LogP contribution in [0, 0.1) is 17.8 Å². The molecule has 184 valence electrons. The van der Waals surface area contributed by atoms with Crippen molar-refractivity contribution in [3.63, 3.8) is 0 Å². The van der Waals surface area contributed by atoms with E-state index in [-0.39, 0.29) is 23.5 Å². The van der Waals surface area contributed by atoms with Crippen LogP contribution in [0.15, 0.2) is 23.8 Å². The number of nitrogens with two attached hydrogens (primary N) is 1. The second-order valence-electron chi connectivity index (χ2n) is 9.21. The molecule has 1 aromatic carbocycles. The van der Waals surface area contributed by atoms with Gasteiger partial charge in [0.1, 0.15) is 11.5 Å². The third-order valence-electron chi connectivity index (χ3n) is 7.17. The molecule has 2 saturated carbocycles. The van der Waals surface area contributed by atoms with Crippen LogP contribution < -0.4 is 5.73 Å². The van der Waals surface area contributed by atoms with Crippen LogP contribution in [0.4, 0.5) is 0 Å². The van der Waals surface area contributed by atoms with Gasteiger partial charge in [0.05, 0.1) is 40.7 Å². The van der Waals surface area contributed by atoms with Crippen molar-refractivity contribution in [2.45, 2.75) is 30.3 Å². The molecule has 1 aromatic rings. The zero-order chi connectivity index (χ0) is 24.8. The topological polar surface area (TPSA) is 199 Å². The molecule has 0 spiro atoms. The first kappa shape index (κ1) is 25.8. The van der Waals surface area contributed by atoms with Gasteiger partial charge in [0.15, 0.2) is 23.1 Å². The molecule has 0 aromatic heterocycles. The molecular formula is C22H25ClN2O9. The van der Waals surface area contributed by atoms with Crippen molar-refractivity contribution in [2.24, 2.45) is 23.5 Å². The number of aliphatic hydroxyl groups excluding tert-OH is 2. The van der Waals surface area contributed by atoms with E-state index in [2.05, 4.69) is 0 Å². The molecule has 0 heterocycles. The van der Waals surface area contributed by atoms with E-state index >= 15 is 0 Å². The van der Waals surface area contributed by atoms with Gasteiger partial charge in [0.2, 0.25) is 11.7 Å². The maximum absolute atomic E-state index is 13.7. The maximum atomic E-state index is 13.7. The lowest BCUT2D eigenvalue weighted by Crippen LogP contribution is -2.76. The largest absolute Gasteiger partial charge is 0.507 e. The average Bonchev–Trinajstić information content (AvgIpc) is 2.70. The third kappa shape index (κ3) is 2.91. The molecule has 7 N–H and O–H groups in total. The molecule has 1 amide bonds. The summed E-state index contributed by atoms with van der Waals surface area (Å²) in [6.45, 7) is 1.24. The Labute approximate surface area is 199 Å². The lowest BCUT2D eigenvalue weighted by atomic mass is 9.51. The van der Waals surface area contributed by atoms with E-state index in [1.54, 1.807) is 0 Å². The molecular weight excluding hydrogens is 472 g/mol. The number of primary amides is 1. The number of carbonyl (C=O) groups excluding carboxylic acids is 4. The van der Waals surface area contributed by atoms with Crippen LogP contribution in [0.2, 0.25) is 0 Å². The fourth-order valence-corrected chi connectivity index (χ4v) is 5.74. The number of nitrogens with zero attached hydrogens (tertiary/aromatic N) is 1. The van der Waals surface area contributed by atoms with Crippen LogP contribution >= 0.6 is 12.4 Å². The van der Waals surface area contributed by atoms with Crippen molar-refractivity contribution < 1.29 is 44.7 Å². The number of rotatable bonds is 2. The number of hydrogen-bond donors (Lipinski definition) is 6. The second kappa shape index (κ2) is 7.85. The fraction of sp³-hybridized carbons (Fsp3) is 0.455. The first-order valence-corrected chi connectivity index (χ1v) is 10.2. The Morgan fingerprint density at radius 2 is 1.71 bits per heavy atom. The predicted octanol–water partition coefficient (Wildman–Crippen LogP) is -1.61. The van der Waals surface area contributed by atoms with Crippen molar-refractivity contribution in [2.75, 3.05) is 14.1 Å². The Morgan fingerprint density at radius 1 is 1.12 bits per heavy atom. The van der Waals surface area contributed by atoms with Gasteiger partial charge in [-0.25, -0.2) is 0 Å². The van der Waals surface area contributed by atoms with E-state index in [1.165, 1.54) is 44.1 Å². The smallest absolute Gasteiger partial charge is 0.235 e. The monoisotopic (exact) mass is 496 g/mol. The first-order valence-electron chi connectivity index (χ1n) is 10.2. The molecule has 0 saturated heterocycles. The lowest BCUT2D eigenvalue weighted by Gasteiger charge is -2.55. The van der Waals surface area contributed by atoms with Gasteiger partial charge >= 0.3 is 0 Å². The molecule has 12 heteroatoms. The van der Waals surface area contributed by atoms with Crippen LogP contribution in [0.3, 0.4) is 0 Å². The van der Waals surface area contributed by atoms with Gasteiger partial charge in [0, 0.05) is 0 Å². The molecule has 7 atom stereocenters. The number of hydrogen-bond acceptors (Lipinski definition) is 10. The van der Waals surface area contributed by atoms with Crippen molar-refractivity contribution in [3.05, 3.63) is 34.9 Å².